The van der Waals surface area contributed by atoms with E-state index in [1.165, 1.54) is 4.90 Å². The second-order valence-corrected chi connectivity index (χ2v) is 4.25. The normalized spacial score (nSPS) is 9.72. The minimum atomic E-state index is -0.356. The van der Waals surface area contributed by atoms with Gasteiger partial charge in [-0.1, -0.05) is 17.7 Å². The number of ether oxygens (including phenoxy) is 1. The molecule has 0 fully saturated rings. The Kier molecular flexibility index (Phi) is 5.45. The van der Waals surface area contributed by atoms with Crippen molar-refractivity contribution in [3.05, 3.63) is 29.3 Å². The molecule has 0 saturated heterocycles. The lowest BCUT2D eigenvalue weighted by Crippen LogP contribution is -2.38. The first-order chi connectivity index (χ1) is 8.49. The van der Waals surface area contributed by atoms with Crippen LogP contribution in [0.3, 0.4) is 0 Å². The molecule has 0 heterocycles. The lowest BCUT2D eigenvalue weighted by Gasteiger charge is -2.11. The third kappa shape index (κ3) is 5.05. The quantitative estimate of drug-likeness (QED) is 0.866. The van der Waals surface area contributed by atoms with Crippen molar-refractivity contribution in [2.24, 2.45) is 0 Å². The van der Waals surface area contributed by atoms with Crippen molar-refractivity contribution in [3.63, 3.8) is 0 Å². The number of hydrogen-bond donors (Lipinski definition) is 1. The van der Waals surface area contributed by atoms with Crippen LogP contribution in [0.2, 0.25) is 5.02 Å². The highest BCUT2D eigenvalue weighted by Gasteiger charge is 2.07. The van der Waals surface area contributed by atoms with E-state index in [2.05, 4.69) is 5.32 Å². The van der Waals surface area contributed by atoms with E-state index in [0.717, 1.165) is 0 Å². The number of benzene rings is 1. The fraction of sp³-hybridized carbons (Fsp3) is 0.333. The highest BCUT2D eigenvalue weighted by atomic mass is 35.5. The summed E-state index contributed by atoms with van der Waals surface area (Å²) < 4.78 is 5.22. The van der Waals surface area contributed by atoms with Crippen molar-refractivity contribution >= 4 is 23.4 Å². The molecule has 5 nitrogen and oxygen atoms in total. The third-order valence-corrected chi connectivity index (χ3v) is 2.34. The van der Waals surface area contributed by atoms with Gasteiger partial charge in [0.25, 0.3) is 5.91 Å². The first-order valence-corrected chi connectivity index (χ1v) is 5.72. The molecule has 0 spiro atoms. The summed E-state index contributed by atoms with van der Waals surface area (Å²) in [6.07, 6.45) is 0. The molecule has 0 aliphatic rings. The maximum atomic E-state index is 11.4. The van der Waals surface area contributed by atoms with Crippen LogP contribution >= 0.6 is 11.6 Å². The van der Waals surface area contributed by atoms with Gasteiger partial charge in [0.2, 0.25) is 5.91 Å². The summed E-state index contributed by atoms with van der Waals surface area (Å²) in [5.41, 5.74) is 0. The fourth-order valence-electron chi connectivity index (χ4n) is 1.09. The topological polar surface area (TPSA) is 58.6 Å². The van der Waals surface area contributed by atoms with Crippen LogP contribution in [0.5, 0.6) is 5.75 Å². The number of likely N-dealkylation sites (N-methyl/N-ethyl adjacent to an activating group) is 1. The van der Waals surface area contributed by atoms with Crippen molar-refractivity contribution in [2.45, 2.75) is 0 Å². The van der Waals surface area contributed by atoms with E-state index in [-0.39, 0.29) is 25.0 Å². The molecule has 1 rings (SSSR count). The van der Waals surface area contributed by atoms with Gasteiger partial charge in [-0.3, -0.25) is 9.59 Å². The molecule has 0 unspecified atom stereocenters. The Labute approximate surface area is 111 Å². The average Bonchev–Trinajstić information content (AvgIpc) is 2.33. The first-order valence-electron chi connectivity index (χ1n) is 5.34. The summed E-state index contributed by atoms with van der Waals surface area (Å²) in [5, 5.41) is 3.00. The van der Waals surface area contributed by atoms with E-state index in [9.17, 15) is 9.59 Å². The highest BCUT2D eigenvalue weighted by Crippen LogP contribution is 2.16. The van der Waals surface area contributed by atoms with Gasteiger partial charge in [0.15, 0.2) is 6.61 Å². The van der Waals surface area contributed by atoms with Gasteiger partial charge in [-0.25, -0.2) is 0 Å². The fourth-order valence-corrected chi connectivity index (χ4v) is 1.27. The van der Waals surface area contributed by atoms with Crippen LogP contribution in [0.15, 0.2) is 24.3 Å². The van der Waals surface area contributed by atoms with Crippen LogP contribution in [-0.2, 0) is 9.59 Å². The summed E-state index contributed by atoms with van der Waals surface area (Å²) >= 11 is 5.77. The summed E-state index contributed by atoms with van der Waals surface area (Å²) in [6, 6.07) is 6.75. The van der Waals surface area contributed by atoms with Gasteiger partial charge in [-0.2, -0.15) is 0 Å². The number of rotatable bonds is 5. The molecule has 2 amide bonds. The molecule has 0 aliphatic heterocycles. The molecule has 0 aliphatic carbocycles. The van der Waals surface area contributed by atoms with Gasteiger partial charge in [0.05, 0.1) is 6.54 Å². The van der Waals surface area contributed by atoms with Gasteiger partial charge in [-0.15, -0.1) is 0 Å². The summed E-state index contributed by atoms with van der Waals surface area (Å²) in [6.45, 7) is -0.189. The maximum absolute atomic E-state index is 11.4. The van der Waals surface area contributed by atoms with Crippen molar-refractivity contribution in [3.8, 4) is 5.75 Å². The van der Waals surface area contributed by atoms with Crippen molar-refractivity contribution in [2.75, 3.05) is 27.2 Å². The number of hydrogen-bond acceptors (Lipinski definition) is 3. The second kappa shape index (κ2) is 6.86. The Bertz CT molecular complexity index is 435. The van der Waals surface area contributed by atoms with Gasteiger partial charge in [0, 0.05) is 19.1 Å². The Morgan fingerprint density at radius 3 is 2.72 bits per heavy atom. The third-order valence-electron chi connectivity index (χ3n) is 2.10. The number of carbonyl (C=O) groups excluding carboxylic acids is 2. The zero-order valence-electron chi connectivity index (χ0n) is 10.3. The second-order valence-electron chi connectivity index (χ2n) is 3.81. The predicted octanol–water partition coefficient (Wildman–Crippen LogP) is 0.923. The van der Waals surface area contributed by atoms with E-state index < -0.39 is 0 Å². The van der Waals surface area contributed by atoms with Crippen molar-refractivity contribution in [1.82, 2.24) is 10.2 Å². The van der Waals surface area contributed by atoms with Gasteiger partial charge in [0.1, 0.15) is 5.75 Å². The number of carbonyl (C=O) groups is 2. The zero-order valence-corrected chi connectivity index (χ0v) is 11.0. The van der Waals surface area contributed by atoms with Gasteiger partial charge >= 0.3 is 0 Å². The molecule has 1 aromatic rings. The molecule has 0 bridgehead atoms. The molecular weight excluding hydrogens is 256 g/mol. The highest BCUT2D eigenvalue weighted by molar-refractivity contribution is 6.30. The maximum Gasteiger partial charge on any atom is 0.258 e. The van der Waals surface area contributed by atoms with E-state index in [4.69, 9.17) is 16.3 Å². The zero-order chi connectivity index (χ0) is 13.5. The standard InChI is InChI=1S/C12H15ClN2O3/c1-15(2)12(17)7-14-11(16)8-18-10-5-3-4-9(13)6-10/h3-6H,7-8H2,1-2H3,(H,14,16). The number of halogens is 1. The van der Waals surface area contributed by atoms with Crippen LogP contribution in [0.4, 0.5) is 0 Å². The number of amides is 2. The predicted molar refractivity (Wildman–Crippen MR) is 68.7 cm³/mol. The SMILES string of the molecule is CN(C)C(=O)CNC(=O)COc1cccc(Cl)c1. The largest absolute Gasteiger partial charge is 0.484 e. The van der Waals surface area contributed by atoms with Crippen LogP contribution in [-0.4, -0.2) is 44.0 Å². The van der Waals surface area contributed by atoms with E-state index in [0.29, 0.717) is 10.8 Å². The monoisotopic (exact) mass is 270 g/mol. The molecule has 0 saturated carbocycles. The smallest absolute Gasteiger partial charge is 0.258 e. The van der Waals surface area contributed by atoms with Crippen molar-refractivity contribution < 1.29 is 14.3 Å². The first kappa shape index (κ1) is 14.3. The lowest BCUT2D eigenvalue weighted by molar-refractivity contribution is -0.131. The van der Waals surface area contributed by atoms with Crippen LogP contribution in [0.1, 0.15) is 0 Å². The number of nitrogens with one attached hydrogen (secondary N) is 1. The molecule has 98 valence electrons. The Morgan fingerprint density at radius 2 is 2.11 bits per heavy atom. The van der Waals surface area contributed by atoms with Crippen LogP contribution < -0.4 is 10.1 Å². The molecule has 1 aromatic carbocycles. The average molecular weight is 271 g/mol. The Balaban J connectivity index is 2.31. The Hall–Kier alpha value is -1.75. The minimum absolute atomic E-state index is 0.0370. The molecule has 1 N–H and O–H groups in total. The molecular formula is C12H15ClN2O3. The van der Waals surface area contributed by atoms with E-state index in [1.54, 1.807) is 38.4 Å². The summed E-state index contributed by atoms with van der Waals surface area (Å²) in [4.78, 5) is 24.0. The van der Waals surface area contributed by atoms with Crippen molar-refractivity contribution in [1.29, 1.82) is 0 Å². The molecule has 0 aromatic heterocycles. The number of nitrogens with zero attached hydrogens (tertiary/aromatic N) is 1. The molecule has 18 heavy (non-hydrogen) atoms. The van der Waals surface area contributed by atoms with Crippen LogP contribution in [0, 0.1) is 0 Å². The van der Waals surface area contributed by atoms with Gasteiger partial charge < -0.3 is 15.0 Å². The lowest BCUT2D eigenvalue weighted by atomic mass is 10.3. The minimum Gasteiger partial charge on any atom is -0.484 e. The molecule has 6 heteroatoms. The summed E-state index contributed by atoms with van der Waals surface area (Å²) in [7, 11) is 3.24. The van der Waals surface area contributed by atoms with E-state index >= 15 is 0 Å². The van der Waals surface area contributed by atoms with Gasteiger partial charge in [-0.05, 0) is 18.2 Å². The Morgan fingerprint density at radius 1 is 1.39 bits per heavy atom. The van der Waals surface area contributed by atoms with E-state index in [1.807, 2.05) is 0 Å². The molecule has 0 atom stereocenters. The molecule has 0 radical (unpaired) electrons. The van der Waals surface area contributed by atoms with Crippen LogP contribution in [0.25, 0.3) is 0 Å². The summed E-state index contributed by atoms with van der Waals surface area (Å²) in [5.74, 6) is -0.0205.